The second-order valence-electron chi connectivity index (χ2n) is 18.9. The van der Waals surface area contributed by atoms with Gasteiger partial charge in [0.1, 0.15) is 12.2 Å². The first kappa shape index (κ1) is 58.3. The van der Waals surface area contributed by atoms with Gasteiger partial charge in [0.05, 0.1) is 18.8 Å². The molecule has 0 bridgehead atoms. The van der Waals surface area contributed by atoms with Gasteiger partial charge in [0, 0.05) is 0 Å². The summed E-state index contributed by atoms with van der Waals surface area (Å²) < 4.78 is 0. The van der Waals surface area contributed by atoms with Crippen LogP contribution >= 0.6 is 0 Å². The molecule has 4 atom stereocenters. The molecule has 0 fully saturated rings. The topological polar surface area (TPSA) is 110 Å². The minimum atomic E-state index is -1.25. The molecule has 0 aromatic rings. The van der Waals surface area contributed by atoms with Crippen molar-refractivity contribution in [3.8, 4) is 0 Å². The van der Waals surface area contributed by atoms with Crippen LogP contribution in [0.1, 0.15) is 303 Å². The lowest BCUT2D eigenvalue weighted by Gasteiger charge is -2.27. The first-order valence-electron chi connectivity index (χ1n) is 26.9. The Hall–Kier alpha value is -0.690. The summed E-state index contributed by atoms with van der Waals surface area (Å²) in [6.45, 7) is 4.08. The van der Waals surface area contributed by atoms with E-state index >= 15 is 0 Å². The number of rotatable bonds is 50. The molecule has 354 valence electrons. The molecule has 0 heterocycles. The molecule has 0 aliphatic rings. The lowest BCUT2D eigenvalue weighted by Crippen LogP contribution is -2.53. The monoisotopic (exact) mass is 838 g/mol. The van der Waals surface area contributed by atoms with E-state index in [0.29, 0.717) is 12.8 Å². The van der Waals surface area contributed by atoms with Crippen molar-refractivity contribution < 1.29 is 25.2 Å². The summed E-state index contributed by atoms with van der Waals surface area (Å²) in [6.07, 6.45) is 54.6. The van der Waals surface area contributed by atoms with Crippen molar-refractivity contribution in [1.82, 2.24) is 5.32 Å². The summed E-state index contributed by atoms with van der Waals surface area (Å²) in [5.41, 5.74) is 0. The molecule has 5 N–H and O–H groups in total. The predicted octanol–water partition coefficient (Wildman–Crippen LogP) is 15.1. The van der Waals surface area contributed by atoms with Gasteiger partial charge in [-0.15, -0.1) is 0 Å². The van der Waals surface area contributed by atoms with Crippen molar-refractivity contribution in [2.24, 2.45) is 0 Å². The number of carbonyl (C=O) groups excluding carboxylic acids is 1. The summed E-state index contributed by atoms with van der Waals surface area (Å²) in [6, 6.07) is -0.979. The highest BCUT2D eigenvalue weighted by molar-refractivity contribution is 5.80. The molecule has 0 aliphatic carbocycles. The Labute approximate surface area is 369 Å². The number of hydrogen-bond acceptors (Lipinski definition) is 5. The Morgan fingerprint density at radius 1 is 0.356 bits per heavy atom. The number of unbranched alkanes of at least 4 members (excludes halogenated alkanes) is 41. The van der Waals surface area contributed by atoms with Crippen LogP contribution in [0.15, 0.2) is 0 Å². The third-order valence-electron chi connectivity index (χ3n) is 13.1. The van der Waals surface area contributed by atoms with Gasteiger partial charge in [0.25, 0.3) is 0 Å². The summed E-state index contributed by atoms with van der Waals surface area (Å²) >= 11 is 0. The van der Waals surface area contributed by atoms with Gasteiger partial charge in [-0.05, 0) is 12.8 Å². The van der Waals surface area contributed by atoms with E-state index in [1.807, 2.05) is 0 Å². The molecule has 0 radical (unpaired) electrons. The summed E-state index contributed by atoms with van der Waals surface area (Å²) in [4.78, 5) is 12.5. The Bertz CT molecular complexity index is 811. The van der Waals surface area contributed by atoms with E-state index in [0.717, 1.165) is 38.5 Å². The van der Waals surface area contributed by atoms with Gasteiger partial charge in [0.2, 0.25) is 5.91 Å². The quantitative estimate of drug-likeness (QED) is 0.0392. The largest absolute Gasteiger partial charge is 0.394 e. The first-order chi connectivity index (χ1) is 29.0. The van der Waals surface area contributed by atoms with Gasteiger partial charge in [-0.3, -0.25) is 4.79 Å². The van der Waals surface area contributed by atoms with E-state index in [1.165, 1.54) is 238 Å². The zero-order valence-corrected chi connectivity index (χ0v) is 40.0. The van der Waals surface area contributed by atoms with E-state index < -0.39 is 36.9 Å². The van der Waals surface area contributed by atoms with Crippen LogP contribution in [0.4, 0.5) is 0 Å². The summed E-state index contributed by atoms with van der Waals surface area (Å²) in [5.74, 6) is -0.578. The number of nitrogens with one attached hydrogen (secondary N) is 1. The fraction of sp³-hybridized carbons (Fsp3) is 0.981. The molecule has 0 rings (SSSR count). The van der Waals surface area contributed by atoms with Crippen LogP contribution in [0, 0.1) is 0 Å². The van der Waals surface area contributed by atoms with E-state index in [9.17, 15) is 25.2 Å². The molecule has 6 nitrogen and oxygen atoms in total. The van der Waals surface area contributed by atoms with Crippen LogP contribution in [0.3, 0.4) is 0 Å². The summed E-state index contributed by atoms with van der Waals surface area (Å²) in [5, 5.41) is 43.9. The molecule has 0 saturated heterocycles. The van der Waals surface area contributed by atoms with E-state index in [-0.39, 0.29) is 0 Å². The molecule has 59 heavy (non-hydrogen) atoms. The minimum Gasteiger partial charge on any atom is -0.394 e. The van der Waals surface area contributed by atoms with Crippen LogP contribution < -0.4 is 5.32 Å². The normalized spacial score (nSPS) is 13.8. The van der Waals surface area contributed by atoms with E-state index in [4.69, 9.17) is 0 Å². The maximum absolute atomic E-state index is 12.5. The van der Waals surface area contributed by atoms with Gasteiger partial charge < -0.3 is 25.7 Å². The molecule has 4 unspecified atom stereocenters. The average molecular weight is 838 g/mol. The van der Waals surface area contributed by atoms with Crippen LogP contribution in [0.2, 0.25) is 0 Å². The molecular weight excluding hydrogens is 731 g/mol. The third-order valence-corrected chi connectivity index (χ3v) is 13.1. The maximum atomic E-state index is 12.5. The average Bonchev–Trinajstić information content (AvgIpc) is 3.24. The van der Waals surface area contributed by atoms with Crippen molar-refractivity contribution in [3.05, 3.63) is 0 Å². The van der Waals surface area contributed by atoms with Crippen molar-refractivity contribution in [2.45, 2.75) is 327 Å². The van der Waals surface area contributed by atoms with Gasteiger partial charge in [-0.2, -0.15) is 0 Å². The predicted molar refractivity (Wildman–Crippen MR) is 256 cm³/mol. The number of carbonyl (C=O) groups is 1. The number of hydrogen-bond donors (Lipinski definition) is 5. The molecule has 6 heteroatoms. The fourth-order valence-electron chi connectivity index (χ4n) is 8.82. The Morgan fingerprint density at radius 3 is 0.814 bits per heavy atom. The first-order valence-corrected chi connectivity index (χ1v) is 26.9. The van der Waals surface area contributed by atoms with Crippen molar-refractivity contribution in [3.63, 3.8) is 0 Å². The molecule has 0 aromatic heterocycles. The number of aliphatic hydroxyl groups is 4. The smallest absolute Gasteiger partial charge is 0.249 e. The molecule has 0 spiro atoms. The molecule has 1 amide bonds. The molecule has 0 aromatic carbocycles. The number of aliphatic hydroxyl groups excluding tert-OH is 4. The highest BCUT2D eigenvalue weighted by atomic mass is 16.3. The number of amides is 1. The molecule has 0 saturated carbocycles. The van der Waals surface area contributed by atoms with Crippen LogP contribution in [-0.2, 0) is 4.79 Å². The van der Waals surface area contributed by atoms with Crippen molar-refractivity contribution >= 4 is 5.91 Å². The van der Waals surface area contributed by atoms with E-state index in [1.54, 1.807) is 0 Å². The Kier molecular flexibility index (Phi) is 47.8. The zero-order valence-electron chi connectivity index (χ0n) is 40.0. The Morgan fingerprint density at radius 2 is 0.576 bits per heavy atom. The lowest BCUT2D eigenvalue weighted by molar-refractivity contribution is -0.132. The van der Waals surface area contributed by atoms with Gasteiger partial charge in [-0.1, -0.05) is 290 Å². The minimum absolute atomic E-state index is 0.375. The highest BCUT2D eigenvalue weighted by Gasteiger charge is 2.28. The second kappa shape index (κ2) is 48.3. The third kappa shape index (κ3) is 42.4. The van der Waals surface area contributed by atoms with Crippen LogP contribution in [-0.4, -0.2) is 57.3 Å². The SMILES string of the molecule is CCCCCCCCCCCCCCCCCCCCCCCCCCCCCCCC(O)C(O)C(CO)NC(=O)C(O)CCCCCCCCCCCCCCCC. The summed E-state index contributed by atoms with van der Waals surface area (Å²) in [7, 11) is 0. The standard InChI is InChI=1S/C53H107NO5/c1-3-5-7-9-11-13-15-17-19-20-21-22-23-24-25-26-27-28-29-30-31-32-33-35-36-38-40-42-44-46-50(56)52(58)49(48-55)54-53(59)51(57)47-45-43-41-39-37-34-18-16-14-12-10-8-6-4-2/h49-52,55-58H,3-48H2,1-2H3,(H,54,59). The van der Waals surface area contributed by atoms with E-state index in [2.05, 4.69) is 19.2 Å². The van der Waals surface area contributed by atoms with Crippen LogP contribution in [0.25, 0.3) is 0 Å². The second-order valence-corrected chi connectivity index (χ2v) is 18.9. The molecule has 0 aliphatic heterocycles. The van der Waals surface area contributed by atoms with Crippen molar-refractivity contribution in [2.75, 3.05) is 6.61 Å². The van der Waals surface area contributed by atoms with Gasteiger partial charge in [0.15, 0.2) is 0 Å². The fourth-order valence-corrected chi connectivity index (χ4v) is 8.82. The lowest BCUT2D eigenvalue weighted by atomic mass is 9.99. The highest BCUT2D eigenvalue weighted by Crippen LogP contribution is 2.18. The van der Waals surface area contributed by atoms with Crippen LogP contribution in [0.5, 0.6) is 0 Å². The van der Waals surface area contributed by atoms with Gasteiger partial charge >= 0.3 is 0 Å². The Balaban J connectivity index is 3.55. The van der Waals surface area contributed by atoms with Crippen molar-refractivity contribution in [1.29, 1.82) is 0 Å². The maximum Gasteiger partial charge on any atom is 0.249 e. The zero-order chi connectivity index (χ0) is 43.1. The van der Waals surface area contributed by atoms with Gasteiger partial charge in [-0.25, -0.2) is 0 Å². The molecular formula is C53H107NO5.